The van der Waals surface area contributed by atoms with Gasteiger partial charge in [-0.05, 0) is 48.7 Å². The van der Waals surface area contributed by atoms with Crippen molar-refractivity contribution in [1.82, 2.24) is 25.0 Å². The standard InChI is InChI=1S/C30H30Cl2FN5O3/c1-3-34-29(41)37-10-8-36(9-11-37)28(40)30-14-17(2)26-25(20-6-5-19(31)13-23(20)35-26)27(30)38(24(39)15-30)16-18-4-7-21(32)22(33)12-18/h4-7,12-13,27,35H,2-3,8-11,14-16H2,1H3,(H,34,41). The van der Waals surface area contributed by atoms with Crippen LogP contribution >= 0.6 is 23.2 Å². The molecule has 1 aliphatic carbocycles. The van der Waals surface area contributed by atoms with Gasteiger partial charge in [-0.3, -0.25) is 9.59 Å². The second kappa shape index (κ2) is 10.4. The molecule has 2 N–H and O–H groups in total. The van der Waals surface area contributed by atoms with E-state index in [-0.39, 0.29) is 42.3 Å². The summed E-state index contributed by atoms with van der Waals surface area (Å²) in [7, 11) is 0. The third-order valence-electron chi connectivity index (χ3n) is 8.52. The van der Waals surface area contributed by atoms with E-state index in [1.54, 1.807) is 26.8 Å². The van der Waals surface area contributed by atoms with E-state index < -0.39 is 17.3 Å². The Morgan fingerprint density at radius 2 is 1.83 bits per heavy atom. The van der Waals surface area contributed by atoms with Gasteiger partial charge in [0.2, 0.25) is 11.8 Å². The summed E-state index contributed by atoms with van der Waals surface area (Å²) in [5.74, 6) is -0.891. The number of hydrogen-bond acceptors (Lipinski definition) is 3. The molecule has 2 aliphatic heterocycles. The molecule has 4 amide bonds. The molecule has 0 radical (unpaired) electrons. The molecule has 2 fully saturated rings. The number of carbonyl (C=O) groups is 3. The van der Waals surface area contributed by atoms with Gasteiger partial charge >= 0.3 is 6.03 Å². The number of aromatic amines is 1. The minimum Gasteiger partial charge on any atom is -0.354 e. The number of hydrogen-bond donors (Lipinski definition) is 2. The number of urea groups is 1. The van der Waals surface area contributed by atoms with Crippen molar-refractivity contribution in [2.24, 2.45) is 5.41 Å². The largest absolute Gasteiger partial charge is 0.354 e. The van der Waals surface area contributed by atoms with Gasteiger partial charge in [0.1, 0.15) is 5.82 Å². The molecule has 0 bridgehead atoms. The first-order chi connectivity index (χ1) is 19.6. The quantitative estimate of drug-likeness (QED) is 0.424. The molecule has 1 aromatic heterocycles. The lowest BCUT2D eigenvalue weighted by molar-refractivity contribution is -0.145. The smallest absolute Gasteiger partial charge is 0.317 e. The first-order valence-electron chi connectivity index (χ1n) is 13.7. The van der Waals surface area contributed by atoms with Crippen molar-refractivity contribution < 1.29 is 18.8 Å². The van der Waals surface area contributed by atoms with Crippen LogP contribution in [0.2, 0.25) is 10.0 Å². The molecule has 2 unspecified atom stereocenters. The number of amides is 4. The maximum Gasteiger partial charge on any atom is 0.317 e. The number of nitrogens with zero attached hydrogens (tertiary/aromatic N) is 3. The summed E-state index contributed by atoms with van der Waals surface area (Å²) >= 11 is 12.2. The van der Waals surface area contributed by atoms with Crippen molar-refractivity contribution in [3.05, 3.63) is 75.7 Å². The zero-order valence-corrected chi connectivity index (χ0v) is 24.1. The number of rotatable bonds is 4. The number of likely N-dealkylation sites (tertiary alicyclic amines) is 1. The maximum atomic E-state index is 14.5. The fourth-order valence-corrected chi connectivity index (χ4v) is 6.99. The zero-order chi connectivity index (χ0) is 29.1. The van der Waals surface area contributed by atoms with Gasteiger partial charge in [-0.15, -0.1) is 0 Å². The van der Waals surface area contributed by atoms with Gasteiger partial charge in [-0.1, -0.05) is 41.9 Å². The highest BCUT2D eigenvalue weighted by Crippen LogP contribution is 2.60. The van der Waals surface area contributed by atoms with E-state index in [2.05, 4.69) is 16.9 Å². The van der Waals surface area contributed by atoms with Gasteiger partial charge in [0.05, 0.1) is 16.5 Å². The number of fused-ring (bicyclic) bond motifs is 5. The molecule has 11 heteroatoms. The number of aromatic nitrogens is 1. The van der Waals surface area contributed by atoms with E-state index in [0.717, 1.165) is 27.7 Å². The minimum absolute atomic E-state index is 0.00182. The average molecular weight is 599 g/mol. The Hall–Kier alpha value is -3.56. The molecule has 41 heavy (non-hydrogen) atoms. The lowest BCUT2D eigenvalue weighted by Gasteiger charge is -2.45. The molecule has 8 nitrogen and oxygen atoms in total. The van der Waals surface area contributed by atoms with E-state index in [0.29, 0.717) is 43.3 Å². The molecule has 214 valence electrons. The van der Waals surface area contributed by atoms with Crippen LogP contribution in [-0.4, -0.2) is 70.3 Å². The predicted molar refractivity (Wildman–Crippen MR) is 156 cm³/mol. The number of halogens is 3. The normalized spacial score (nSPS) is 22.2. The van der Waals surface area contributed by atoms with Crippen LogP contribution in [0.1, 0.15) is 42.6 Å². The number of carbonyl (C=O) groups excluding carboxylic acids is 3. The fourth-order valence-electron chi connectivity index (χ4n) is 6.70. The van der Waals surface area contributed by atoms with E-state index in [1.807, 2.05) is 19.1 Å². The van der Waals surface area contributed by atoms with Gasteiger partial charge in [0.25, 0.3) is 0 Å². The number of benzene rings is 2. The van der Waals surface area contributed by atoms with Gasteiger partial charge in [-0.2, -0.15) is 0 Å². The third kappa shape index (κ3) is 4.55. The summed E-state index contributed by atoms with van der Waals surface area (Å²) in [6, 6.07) is 9.24. The summed E-state index contributed by atoms with van der Waals surface area (Å²) in [5, 5.41) is 4.23. The summed E-state index contributed by atoms with van der Waals surface area (Å²) in [4.78, 5) is 49.3. The van der Waals surface area contributed by atoms with Crippen molar-refractivity contribution >= 4 is 57.5 Å². The molecule has 3 heterocycles. The molecular formula is C30H30Cl2FN5O3. The van der Waals surface area contributed by atoms with Crippen molar-refractivity contribution in [2.45, 2.75) is 32.4 Å². The molecule has 3 aromatic rings. The Labute approximate surface area is 247 Å². The summed E-state index contributed by atoms with van der Waals surface area (Å²) in [6.45, 7) is 8.36. The molecule has 6 rings (SSSR count). The van der Waals surface area contributed by atoms with Crippen molar-refractivity contribution in [2.75, 3.05) is 32.7 Å². The molecule has 2 atom stereocenters. The second-order valence-electron chi connectivity index (χ2n) is 11.0. The molecular weight excluding hydrogens is 568 g/mol. The first kappa shape index (κ1) is 27.6. The SMILES string of the molecule is C=C1CC2(C(=O)N3CCN(C(=O)NCC)CC3)CC(=O)N(Cc3ccc(Cl)c(F)c3)C2c2c1[nH]c1cc(Cl)ccc21. The number of allylic oxidation sites excluding steroid dienone is 1. The predicted octanol–water partition coefficient (Wildman–Crippen LogP) is 5.36. The van der Waals surface area contributed by atoms with Crippen LogP contribution in [0.3, 0.4) is 0 Å². The molecule has 3 aliphatic rings. The second-order valence-corrected chi connectivity index (χ2v) is 11.8. The van der Waals surface area contributed by atoms with Crippen molar-refractivity contribution in [1.29, 1.82) is 0 Å². The van der Waals surface area contributed by atoms with Crippen LogP contribution in [0.25, 0.3) is 16.5 Å². The Kier molecular flexibility index (Phi) is 6.98. The van der Waals surface area contributed by atoms with Crippen LogP contribution in [0.15, 0.2) is 43.0 Å². The van der Waals surface area contributed by atoms with E-state index in [1.165, 1.54) is 12.1 Å². The summed E-state index contributed by atoms with van der Waals surface area (Å²) in [6.07, 6.45) is 0.291. The van der Waals surface area contributed by atoms with Gasteiger partial charge in [0, 0.05) is 72.9 Å². The summed E-state index contributed by atoms with van der Waals surface area (Å²) in [5.41, 5.74) is 2.62. The Morgan fingerprint density at radius 1 is 1.10 bits per heavy atom. The molecule has 2 saturated heterocycles. The highest BCUT2D eigenvalue weighted by Gasteiger charge is 2.61. The molecule has 0 saturated carbocycles. The highest BCUT2D eigenvalue weighted by molar-refractivity contribution is 6.31. The topological polar surface area (TPSA) is 88.8 Å². The number of piperazine rings is 1. The van der Waals surface area contributed by atoms with E-state index in [9.17, 15) is 18.8 Å². The van der Waals surface area contributed by atoms with Crippen LogP contribution in [0.4, 0.5) is 9.18 Å². The maximum absolute atomic E-state index is 14.5. The lowest BCUT2D eigenvalue weighted by Crippen LogP contribution is -2.57. The Balaban J connectivity index is 1.42. The summed E-state index contributed by atoms with van der Waals surface area (Å²) < 4.78 is 14.4. The molecule has 2 aromatic carbocycles. The number of H-pyrrole nitrogens is 1. The van der Waals surface area contributed by atoms with Crippen LogP contribution in [-0.2, 0) is 16.1 Å². The van der Waals surface area contributed by atoms with Crippen molar-refractivity contribution in [3.8, 4) is 0 Å². The first-order valence-corrected chi connectivity index (χ1v) is 14.4. The van der Waals surface area contributed by atoms with Gasteiger partial charge in [-0.25, -0.2) is 9.18 Å². The average Bonchev–Trinajstić information content (AvgIpc) is 3.45. The molecule has 0 spiro atoms. The van der Waals surface area contributed by atoms with Crippen molar-refractivity contribution in [3.63, 3.8) is 0 Å². The van der Waals surface area contributed by atoms with Gasteiger partial charge < -0.3 is 25.0 Å². The third-order valence-corrected chi connectivity index (χ3v) is 9.07. The van der Waals surface area contributed by atoms with Crippen LogP contribution in [0.5, 0.6) is 0 Å². The highest BCUT2D eigenvalue weighted by atomic mass is 35.5. The van der Waals surface area contributed by atoms with E-state index >= 15 is 0 Å². The van der Waals surface area contributed by atoms with Crippen LogP contribution < -0.4 is 5.32 Å². The lowest BCUT2D eigenvalue weighted by atomic mass is 9.66. The Morgan fingerprint density at radius 3 is 2.54 bits per heavy atom. The fraction of sp³-hybridized carbons (Fsp3) is 0.367. The van der Waals surface area contributed by atoms with E-state index in [4.69, 9.17) is 23.2 Å². The Bertz CT molecular complexity index is 1600. The van der Waals surface area contributed by atoms with Crippen LogP contribution in [0, 0.1) is 11.2 Å². The monoisotopic (exact) mass is 597 g/mol. The zero-order valence-electron chi connectivity index (χ0n) is 22.6. The minimum atomic E-state index is -1.10. The van der Waals surface area contributed by atoms with Gasteiger partial charge in [0.15, 0.2) is 0 Å². The number of nitrogens with one attached hydrogen (secondary N) is 2.